The highest BCUT2D eigenvalue weighted by atomic mass is 32.2. The standard InChI is InChI=1S/C16H17N7O2S/c1-24-11-5-3-2-4-10(11)18-15-20-12(19-14(17)21-15)8-26-16-23-22-13(25-16)9-6-7-9/h2-5,9H,6-8H2,1H3,(H3,17,18,19,20,21). The first-order valence-corrected chi connectivity index (χ1v) is 9.06. The van der Waals surface area contributed by atoms with Gasteiger partial charge in [-0.1, -0.05) is 23.9 Å². The van der Waals surface area contributed by atoms with Gasteiger partial charge in [-0.2, -0.15) is 15.0 Å². The van der Waals surface area contributed by atoms with E-state index >= 15 is 0 Å². The summed E-state index contributed by atoms with van der Waals surface area (Å²) >= 11 is 1.37. The number of ether oxygens (including phenoxy) is 1. The van der Waals surface area contributed by atoms with E-state index in [4.69, 9.17) is 14.9 Å². The van der Waals surface area contributed by atoms with E-state index in [1.165, 1.54) is 11.8 Å². The van der Waals surface area contributed by atoms with Crippen molar-refractivity contribution in [3.05, 3.63) is 36.0 Å². The second-order valence-electron chi connectivity index (χ2n) is 5.73. The molecule has 134 valence electrons. The van der Waals surface area contributed by atoms with Gasteiger partial charge in [-0.05, 0) is 25.0 Å². The van der Waals surface area contributed by atoms with Crippen molar-refractivity contribution >= 4 is 29.3 Å². The number of nitrogens with two attached hydrogens (primary N) is 1. The molecule has 3 aromatic rings. The summed E-state index contributed by atoms with van der Waals surface area (Å²) in [4.78, 5) is 12.7. The lowest BCUT2D eigenvalue weighted by Gasteiger charge is -2.10. The molecule has 1 aliphatic rings. The van der Waals surface area contributed by atoms with Crippen molar-refractivity contribution in [3.8, 4) is 5.75 Å². The first kappa shape index (κ1) is 16.6. The van der Waals surface area contributed by atoms with Gasteiger partial charge in [0.2, 0.25) is 17.8 Å². The minimum Gasteiger partial charge on any atom is -0.495 e. The van der Waals surface area contributed by atoms with E-state index in [1.807, 2.05) is 24.3 Å². The zero-order chi connectivity index (χ0) is 17.9. The first-order valence-electron chi connectivity index (χ1n) is 8.08. The van der Waals surface area contributed by atoms with Crippen molar-refractivity contribution in [2.24, 2.45) is 0 Å². The Morgan fingerprint density at radius 2 is 2.08 bits per heavy atom. The fourth-order valence-electron chi connectivity index (χ4n) is 2.33. The van der Waals surface area contributed by atoms with Gasteiger partial charge in [-0.3, -0.25) is 0 Å². The Kier molecular flexibility index (Phi) is 4.57. The van der Waals surface area contributed by atoms with Crippen LogP contribution in [0, 0.1) is 0 Å². The van der Waals surface area contributed by atoms with Crippen LogP contribution in [0.4, 0.5) is 17.6 Å². The number of nitrogens with one attached hydrogen (secondary N) is 1. The second-order valence-corrected chi connectivity index (χ2v) is 6.65. The molecule has 26 heavy (non-hydrogen) atoms. The number of nitrogens with zero attached hydrogens (tertiary/aromatic N) is 5. The monoisotopic (exact) mass is 371 g/mol. The molecule has 0 unspecified atom stereocenters. The van der Waals surface area contributed by atoms with Crippen molar-refractivity contribution in [3.63, 3.8) is 0 Å². The van der Waals surface area contributed by atoms with Crippen LogP contribution in [0.1, 0.15) is 30.5 Å². The molecule has 1 saturated carbocycles. The smallest absolute Gasteiger partial charge is 0.277 e. The molecule has 4 rings (SSSR count). The number of rotatable bonds is 7. The molecule has 0 bridgehead atoms. The molecule has 0 aliphatic heterocycles. The van der Waals surface area contributed by atoms with Crippen molar-refractivity contribution < 1.29 is 9.15 Å². The Labute approximate surface area is 153 Å². The summed E-state index contributed by atoms with van der Waals surface area (Å²) < 4.78 is 10.9. The minimum atomic E-state index is 0.136. The number of thioether (sulfide) groups is 1. The molecule has 9 nitrogen and oxygen atoms in total. The lowest BCUT2D eigenvalue weighted by Crippen LogP contribution is -2.07. The maximum Gasteiger partial charge on any atom is 0.277 e. The third-order valence-electron chi connectivity index (χ3n) is 3.73. The lowest BCUT2D eigenvalue weighted by atomic mass is 10.3. The lowest BCUT2D eigenvalue weighted by molar-refractivity contribution is 0.414. The van der Waals surface area contributed by atoms with Gasteiger partial charge in [0, 0.05) is 5.92 Å². The Morgan fingerprint density at radius 1 is 1.23 bits per heavy atom. The normalized spacial score (nSPS) is 13.6. The summed E-state index contributed by atoms with van der Waals surface area (Å²) in [6.45, 7) is 0. The number of nitrogen functional groups attached to an aromatic ring is 1. The predicted molar refractivity (Wildman–Crippen MR) is 96.4 cm³/mol. The molecule has 0 spiro atoms. The summed E-state index contributed by atoms with van der Waals surface area (Å²) in [5.74, 6) is 3.27. The van der Waals surface area contributed by atoms with Crippen LogP contribution in [0.2, 0.25) is 0 Å². The molecule has 0 radical (unpaired) electrons. The SMILES string of the molecule is COc1ccccc1Nc1nc(N)nc(CSc2nnc(C3CC3)o2)n1. The number of methoxy groups -OCH3 is 1. The number of benzene rings is 1. The van der Waals surface area contributed by atoms with Crippen LogP contribution in [-0.2, 0) is 5.75 Å². The van der Waals surface area contributed by atoms with Crippen LogP contribution in [0.15, 0.2) is 33.9 Å². The van der Waals surface area contributed by atoms with Gasteiger partial charge in [-0.25, -0.2) is 0 Å². The largest absolute Gasteiger partial charge is 0.495 e. The minimum absolute atomic E-state index is 0.136. The van der Waals surface area contributed by atoms with Gasteiger partial charge < -0.3 is 20.2 Å². The van der Waals surface area contributed by atoms with E-state index in [1.54, 1.807) is 7.11 Å². The molecule has 0 amide bonds. The number of hydrogen-bond acceptors (Lipinski definition) is 10. The third-order valence-corrected chi connectivity index (χ3v) is 4.54. The summed E-state index contributed by atoms with van der Waals surface area (Å²) in [5.41, 5.74) is 6.55. The summed E-state index contributed by atoms with van der Waals surface area (Å²) in [7, 11) is 1.60. The highest BCUT2D eigenvalue weighted by Crippen LogP contribution is 2.40. The highest BCUT2D eigenvalue weighted by molar-refractivity contribution is 7.98. The van der Waals surface area contributed by atoms with E-state index < -0.39 is 0 Å². The van der Waals surface area contributed by atoms with Crippen LogP contribution in [0.5, 0.6) is 5.75 Å². The summed E-state index contributed by atoms with van der Waals surface area (Å²) in [5, 5.41) is 11.7. The molecule has 1 aliphatic carbocycles. The molecule has 1 aromatic carbocycles. The van der Waals surface area contributed by atoms with Gasteiger partial charge in [0.1, 0.15) is 11.6 Å². The number of anilines is 3. The van der Waals surface area contributed by atoms with Gasteiger partial charge in [0.05, 0.1) is 18.6 Å². The molecule has 2 aromatic heterocycles. The highest BCUT2D eigenvalue weighted by Gasteiger charge is 2.29. The average molecular weight is 371 g/mol. The van der Waals surface area contributed by atoms with Crippen LogP contribution in [-0.4, -0.2) is 32.3 Å². The van der Waals surface area contributed by atoms with Crippen molar-refractivity contribution in [1.82, 2.24) is 25.1 Å². The van der Waals surface area contributed by atoms with E-state index in [9.17, 15) is 0 Å². The molecule has 0 atom stereocenters. The zero-order valence-electron chi connectivity index (χ0n) is 14.0. The van der Waals surface area contributed by atoms with Gasteiger partial charge >= 0.3 is 0 Å². The fourth-order valence-corrected chi connectivity index (χ4v) is 2.95. The van der Waals surface area contributed by atoms with E-state index in [2.05, 4.69) is 30.5 Å². The van der Waals surface area contributed by atoms with Gasteiger partial charge in [-0.15, -0.1) is 10.2 Å². The number of aromatic nitrogens is 5. The Bertz CT molecular complexity index is 913. The van der Waals surface area contributed by atoms with Crippen LogP contribution >= 0.6 is 11.8 Å². The molecular weight excluding hydrogens is 354 g/mol. The molecule has 3 N–H and O–H groups in total. The van der Waals surface area contributed by atoms with Crippen molar-refractivity contribution in [1.29, 1.82) is 0 Å². The molecule has 10 heteroatoms. The van der Waals surface area contributed by atoms with Crippen LogP contribution < -0.4 is 15.8 Å². The Hall–Kier alpha value is -2.88. The topological polar surface area (TPSA) is 125 Å². The summed E-state index contributed by atoms with van der Waals surface area (Å²) in [6.07, 6.45) is 2.24. The average Bonchev–Trinajstić information content (AvgIpc) is 3.38. The Balaban J connectivity index is 1.46. The van der Waals surface area contributed by atoms with Crippen LogP contribution in [0.25, 0.3) is 0 Å². The Morgan fingerprint density at radius 3 is 2.88 bits per heavy atom. The fraction of sp³-hybridized carbons (Fsp3) is 0.312. The number of para-hydroxylation sites is 2. The molecule has 0 saturated heterocycles. The molecular formula is C16H17N7O2S. The number of hydrogen-bond donors (Lipinski definition) is 2. The van der Waals surface area contributed by atoms with Crippen molar-refractivity contribution in [2.45, 2.75) is 29.7 Å². The maximum atomic E-state index is 5.81. The third kappa shape index (κ3) is 3.85. The molecule has 1 fully saturated rings. The zero-order valence-corrected chi connectivity index (χ0v) is 14.9. The van der Waals surface area contributed by atoms with Gasteiger partial charge in [0.25, 0.3) is 5.22 Å². The van der Waals surface area contributed by atoms with E-state index in [-0.39, 0.29) is 5.95 Å². The predicted octanol–water partition coefficient (Wildman–Crippen LogP) is 2.76. The van der Waals surface area contributed by atoms with Crippen molar-refractivity contribution in [2.75, 3.05) is 18.2 Å². The van der Waals surface area contributed by atoms with Gasteiger partial charge in [0.15, 0.2) is 0 Å². The quantitative estimate of drug-likeness (QED) is 0.599. The molecule has 2 heterocycles. The van der Waals surface area contributed by atoms with E-state index in [0.29, 0.717) is 40.3 Å². The van der Waals surface area contributed by atoms with Crippen LogP contribution in [0.3, 0.4) is 0 Å². The summed E-state index contributed by atoms with van der Waals surface area (Å²) in [6, 6.07) is 7.48. The first-order chi connectivity index (χ1) is 12.7. The maximum absolute atomic E-state index is 5.81. The van der Waals surface area contributed by atoms with E-state index in [0.717, 1.165) is 18.5 Å². The second kappa shape index (κ2) is 7.16.